The Morgan fingerprint density at radius 2 is 1.97 bits per heavy atom. The highest BCUT2D eigenvalue weighted by molar-refractivity contribution is 5.97. The molecule has 1 saturated heterocycles. The van der Waals surface area contributed by atoms with Gasteiger partial charge in [0.25, 0.3) is 5.91 Å². The summed E-state index contributed by atoms with van der Waals surface area (Å²) in [4.78, 5) is 21.8. The summed E-state index contributed by atoms with van der Waals surface area (Å²) in [5.41, 5.74) is 1.08. The molecular formula is C22H22F3N3O3. The van der Waals surface area contributed by atoms with Gasteiger partial charge >= 0.3 is 6.18 Å². The van der Waals surface area contributed by atoms with E-state index >= 15 is 0 Å². The molecule has 6 nitrogen and oxygen atoms in total. The van der Waals surface area contributed by atoms with Gasteiger partial charge in [-0.1, -0.05) is 0 Å². The highest BCUT2D eigenvalue weighted by atomic mass is 19.4. The maximum Gasteiger partial charge on any atom is 0.433 e. The molecule has 164 valence electrons. The summed E-state index contributed by atoms with van der Waals surface area (Å²) in [5, 5.41) is 0. The van der Waals surface area contributed by atoms with E-state index in [1.54, 1.807) is 29.2 Å². The molecule has 9 heteroatoms. The van der Waals surface area contributed by atoms with Gasteiger partial charge in [-0.15, -0.1) is 0 Å². The highest BCUT2D eigenvalue weighted by Gasteiger charge is 2.33. The van der Waals surface area contributed by atoms with E-state index in [2.05, 4.69) is 9.97 Å². The molecule has 3 aromatic rings. The molecule has 1 aromatic carbocycles. The van der Waals surface area contributed by atoms with Crippen molar-refractivity contribution in [2.24, 2.45) is 0 Å². The fourth-order valence-electron chi connectivity index (χ4n) is 3.97. The molecule has 1 fully saturated rings. The van der Waals surface area contributed by atoms with Crippen LogP contribution in [-0.4, -0.2) is 48.1 Å². The zero-order chi connectivity index (χ0) is 22.2. The third-order valence-electron chi connectivity index (χ3n) is 5.57. The van der Waals surface area contributed by atoms with Crippen LogP contribution in [0.25, 0.3) is 11.0 Å². The van der Waals surface area contributed by atoms with Crippen LogP contribution in [0.1, 0.15) is 40.5 Å². The van der Waals surface area contributed by atoms with E-state index in [0.29, 0.717) is 35.7 Å². The van der Waals surface area contributed by atoms with Crippen LogP contribution in [-0.2, 0) is 6.18 Å². The number of carbonyl (C=O) groups excluding carboxylic acids is 1. The molecular weight excluding hydrogens is 411 g/mol. The SMILES string of the molecule is COc1ccc(OC)c(C(=O)N2CCC[C@@H](c3cc4nc(C(F)(F)F)ccc4[nH]3)C2)c1. The Labute approximate surface area is 177 Å². The second-order valence-corrected chi connectivity index (χ2v) is 7.51. The van der Waals surface area contributed by atoms with Gasteiger partial charge in [-0.25, -0.2) is 4.98 Å². The molecule has 4 rings (SSSR count). The van der Waals surface area contributed by atoms with Gasteiger partial charge in [-0.05, 0) is 49.2 Å². The van der Waals surface area contributed by atoms with Crippen LogP contribution in [0, 0.1) is 0 Å². The second-order valence-electron chi connectivity index (χ2n) is 7.51. The second kappa shape index (κ2) is 8.13. The number of aromatic nitrogens is 2. The Kier molecular flexibility index (Phi) is 5.51. The fraction of sp³-hybridized carbons (Fsp3) is 0.364. The number of likely N-dealkylation sites (tertiary alicyclic amines) is 1. The molecule has 0 saturated carbocycles. The zero-order valence-electron chi connectivity index (χ0n) is 17.1. The number of methoxy groups -OCH3 is 2. The minimum atomic E-state index is -4.49. The third kappa shape index (κ3) is 4.17. The smallest absolute Gasteiger partial charge is 0.433 e. The number of nitrogens with zero attached hydrogens (tertiary/aromatic N) is 2. The predicted octanol–water partition coefficient (Wildman–Crippen LogP) is 4.62. The van der Waals surface area contributed by atoms with Gasteiger partial charge in [0.15, 0.2) is 0 Å². The highest BCUT2D eigenvalue weighted by Crippen LogP contribution is 2.33. The summed E-state index contributed by atoms with van der Waals surface area (Å²) in [5.74, 6) is 0.814. The van der Waals surface area contributed by atoms with Gasteiger partial charge in [0.2, 0.25) is 0 Å². The number of amides is 1. The Morgan fingerprint density at radius 3 is 2.68 bits per heavy atom. The molecule has 1 aliphatic rings. The monoisotopic (exact) mass is 433 g/mol. The number of halogens is 3. The number of hydrogen-bond donors (Lipinski definition) is 1. The van der Waals surface area contributed by atoms with E-state index < -0.39 is 11.9 Å². The number of hydrogen-bond acceptors (Lipinski definition) is 4. The molecule has 31 heavy (non-hydrogen) atoms. The normalized spacial score (nSPS) is 17.1. The number of piperidine rings is 1. The number of pyridine rings is 1. The van der Waals surface area contributed by atoms with Crippen LogP contribution in [0.15, 0.2) is 36.4 Å². The summed E-state index contributed by atoms with van der Waals surface area (Å²) in [6.07, 6.45) is -2.90. The molecule has 0 aliphatic carbocycles. The average Bonchev–Trinajstić information content (AvgIpc) is 3.21. The average molecular weight is 433 g/mol. The van der Waals surface area contributed by atoms with Gasteiger partial charge < -0.3 is 19.4 Å². The lowest BCUT2D eigenvalue weighted by molar-refractivity contribution is -0.140. The lowest BCUT2D eigenvalue weighted by Gasteiger charge is -2.32. The zero-order valence-corrected chi connectivity index (χ0v) is 17.1. The molecule has 0 unspecified atom stereocenters. The number of fused-ring (bicyclic) bond motifs is 1. The molecule has 1 aliphatic heterocycles. The van der Waals surface area contributed by atoms with Gasteiger partial charge in [0.05, 0.1) is 30.8 Å². The van der Waals surface area contributed by atoms with Crippen molar-refractivity contribution >= 4 is 16.9 Å². The summed E-state index contributed by atoms with van der Waals surface area (Å²) in [6.45, 7) is 1.03. The van der Waals surface area contributed by atoms with Gasteiger partial charge in [-0.3, -0.25) is 4.79 Å². The molecule has 3 heterocycles. The van der Waals surface area contributed by atoms with Crippen LogP contribution >= 0.6 is 0 Å². The minimum Gasteiger partial charge on any atom is -0.497 e. The van der Waals surface area contributed by atoms with E-state index in [-0.39, 0.29) is 17.3 Å². The number of ether oxygens (including phenoxy) is 2. The van der Waals surface area contributed by atoms with Crippen molar-refractivity contribution in [3.05, 3.63) is 53.3 Å². The molecule has 2 aromatic heterocycles. The summed E-state index contributed by atoms with van der Waals surface area (Å²) >= 11 is 0. The summed E-state index contributed by atoms with van der Waals surface area (Å²) in [6, 6.07) is 9.07. The molecule has 0 radical (unpaired) electrons. The predicted molar refractivity (Wildman–Crippen MR) is 109 cm³/mol. The van der Waals surface area contributed by atoms with E-state index in [1.165, 1.54) is 20.3 Å². The van der Waals surface area contributed by atoms with Gasteiger partial charge in [-0.2, -0.15) is 13.2 Å². The largest absolute Gasteiger partial charge is 0.497 e. The van der Waals surface area contributed by atoms with E-state index in [4.69, 9.17) is 9.47 Å². The first-order chi connectivity index (χ1) is 14.8. The molecule has 1 atom stereocenters. The lowest BCUT2D eigenvalue weighted by atomic mass is 9.94. The third-order valence-corrected chi connectivity index (χ3v) is 5.57. The molecule has 0 bridgehead atoms. The topological polar surface area (TPSA) is 67.5 Å². The van der Waals surface area contributed by atoms with Crippen LogP contribution in [0.2, 0.25) is 0 Å². The molecule has 0 spiro atoms. The van der Waals surface area contributed by atoms with Crippen LogP contribution < -0.4 is 9.47 Å². The van der Waals surface area contributed by atoms with Gasteiger partial charge in [0.1, 0.15) is 17.2 Å². The first-order valence-electron chi connectivity index (χ1n) is 9.88. The molecule has 1 N–H and O–H groups in total. The lowest BCUT2D eigenvalue weighted by Crippen LogP contribution is -2.39. The van der Waals surface area contributed by atoms with Crippen LogP contribution in [0.5, 0.6) is 11.5 Å². The number of H-pyrrole nitrogens is 1. The Hall–Kier alpha value is -3.23. The number of rotatable bonds is 4. The minimum absolute atomic E-state index is 0.0298. The van der Waals surface area contributed by atoms with Crippen molar-refractivity contribution in [2.75, 3.05) is 27.3 Å². The quantitative estimate of drug-likeness (QED) is 0.652. The van der Waals surface area contributed by atoms with Crippen molar-refractivity contribution in [1.29, 1.82) is 0 Å². The van der Waals surface area contributed by atoms with Crippen LogP contribution in [0.4, 0.5) is 13.2 Å². The number of alkyl halides is 3. The first kappa shape index (κ1) is 21.0. The Balaban J connectivity index is 1.58. The maximum absolute atomic E-state index is 13.2. The van der Waals surface area contributed by atoms with Crippen molar-refractivity contribution < 1.29 is 27.4 Å². The fourth-order valence-corrected chi connectivity index (χ4v) is 3.97. The number of nitrogens with one attached hydrogen (secondary N) is 1. The van der Waals surface area contributed by atoms with E-state index in [9.17, 15) is 18.0 Å². The number of carbonyl (C=O) groups is 1. The van der Waals surface area contributed by atoms with E-state index in [1.807, 2.05) is 0 Å². The summed E-state index contributed by atoms with van der Waals surface area (Å²) in [7, 11) is 3.03. The van der Waals surface area contributed by atoms with Gasteiger partial charge in [0, 0.05) is 24.7 Å². The van der Waals surface area contributed by atoms with Crippen molar-refractivity contribution in [3.63, 3.8) is 0 Å². The Morgan fingerprint density at radius 1 is 1.16 bits per heavy atom. The van der Waals surface area contributed by atoms with Crippen LogP contribution in [0.3, 0.4) is 0 Å². The maximum atomic E-state index is 13.2. The molecule has 1 amide bonds. The van der Waals surface area contributed by atoms with Crippen molar-refractivity contribution in [3.8, 4) is 11.5 Å². The number of benzene rings is 1. The van der Waals surface area contributed by atoms with Crippen molar-refractivity contribution in [1.82, 2.24) is 14.9 Å². The van der Waals surface area contributed by atoms with E-state index in [0.717, 1.165) is 24.6 Å². The Bertz CT molecular complexity index is 1110. The summed E-state index contributed by atoms with van der Waals surface area (Å²) < 4.78 is 49.4. The number of aromatic amines is 1. The van der Waals surface area contributed by atoms with Crippen molar-refractivity contribution in [2.45, 2.75) is 24.9 Å². The standard InChI is InChI=1S/C22H22F3N3O3/c1-30-14-5-7-19(31-2)15(10-14)21(29)28-9-3-4-13(12-28)17-11-18-16(26-17)6-8-20(27-18)22(23,24)25/h5-8,10-11,13,26H,3-4,9,12H2,1-2H3/t13-/m1/s1. The first-order valence-corrected chi connectivity index (χ1v) is 9.88.